The molecule has 0 spiro atoms. The highest BCUT2D eigenvalue weighted by atomic mass is 16.5. The molecule has 28 heavy (non-hydrogen) atoms. The van der Waals surface area contributed by atoms with Crippen molar-refractivity contribution in [2.75, 3.05) is 13.2 Å². The highest BCUT2D eigenvalue weighted by Gasteiger charge is 2.37. The van der Waals surface area contributed by atoms with Gasteiger partial charge in [-0.25, -0.2) is 0 Å². The first-order chi connectivity index (χ1) is 13.4. The Labute approximate surface area is 163 Å². The molecule has 7 unspecified atom stereocenters. The smallest absolute Gasteiger partial charge is 0.147 e. The van der Waals surface area contributed by atoms with Gasteiger partial charge in [-0.05, 0) is 17.7 Å². The van der Waals surface area contributed by atoms with Gasteiger partial charge in [0.15, 0.2) is 0 Å². The van der Waals surface area contributed by atoms with E-state index in [1.54, 1.807) is 24.3 Å². The Morgan fingerprint density at radius 2 is 1.54 bits per heavy atom. The van der Waals surface area contributed by atoms with E-state index >= 15 is 0 Å². The third-order valence-corrected chi connectivity index (χ3v) is 5.08. The molecule has 0 aliphatic carbocycles. The van der Waals surface area contributed by atoms with E-state index in [1.165, 1.54) is 0 Å². The minimum absolute atomic E-state index is 0.136. The molecular weight excluding hydrogens is 368 g/mol. The van der Waals surface area contributed by atoms with E-state index in [2.05, 4.69) is 11.8 Å². The summed E-state index contributed by atoms with van der Waals surface area (Å²) in [5, 5.41) is 58.7. The number of aliphatic hydroxyl groups excluding tert-OH is 6. The lowest BCUT2D eigenvalue weighted by Crippen LogP contribution is -2.48. The van der Waals surface area contributed by atoms with E-state index in [-0.39, 0.29) is 26.1 Å². The topological polar surface area (TPSA) is 140 Å². The van der Waals surface area contributed by atoms with Crippen LogP contribution in [0, 0.1) is 11.8 Å². The summed E-state index contributed by atoms with van der Waals surface area (Å²) in [7, 11) is 0. The van der Waals surface area contributed by atoms with E-state index in [0.29, 0.717) is 11.1 Å². The van der Waals surface area contributed by atoms with Gasteiger partial charge in [-0.3, -0.25) is 0 Å². The molecule has 0 aromatic heterocycles. The minimum atomic E-state index is -1.18. The molecule has 1 aromatic rings. The largest absolute Gasteiger partial charge is 0.394 e. The van der Waals surface area contributed by atoms with Crippen molar-refractivity contribution in [1.29, 1.82) is 0 Å². The average molecular weight is 394 g/mol. The fourth-order valence-electron chi connectivity index (χ4n) is 3.49. The Morgan fingerprint density at radius 3 is 2.21 bits per heavy atom. The lowest BCUT2D eigenvalue weighted by Gasteiger charge is -2.36. The van der Waals surface area contributed by atoms with Crippen LogP contribution in [-0.2, 0) is 9.47 Å². The fourth-order valence-corrected chi connectivity index (χ4v) is 3.49. The second-order valence-electron chi connectivity index (χ2n) is 7.20. The zero-order chi connectivity index (χ0) is 20.3. The van der Waals surface area contributed by atoms with Gasteiger partial charge in [0, 0.05) is 18.4 Å². The molecule has 2 heterocycles. The third kappa shape index (κ3) is 4.71. The molecule has 0 radical (unpaired) electrons. The lowest BCUT2D eigenvalue weighted by atomic mass is 9.92. The van der Waals surface area contributed by atoms with E-state index in [4.69, 9.17) is 9.47 Å². The van der Waals surface area contributed by atoms with Crippen LogP contribution in [0.15, 0.2) is 24.3 Å². The highest BCUT2D eigenvalue weighted by Crippen LogP contribution is 2.32. The molecule has 1 aromatic carbocycles. The summed E-state index contributed by atoms with van der Waals surface area (Å²) in [6, 6.07) is 6.85. The van der Waals surface area contributed by atoms with Crippen LogP contribution in [0.2, 0.25) is 0 Å². The quantitative estimate of drug-likeness (QED) is 0.339. The molecule has 2 fully saturated rings. The van der Waals surface area contributed by atoms with E-state index in [0.717, 1.165) is 0 Å². The maximum atomic E-state index is 10.3. The Bertz CT molecular complexity index is 714. The van der Waals surface area contributed by atoms with Crippen LogP contribution in [0.3, 0.4) is 0 Å². The summed E-state index contributed by atoms with van der Waals surface area (Å²) in [5.41, 5.74) is 1.15. The molecule has 6 N–H and O–H groups in total. The first-order valence-corrected chi connectivity index (χ1v) is 9.29. The van der Waals surface area contributed by atoms with Crippen molar-refractivity contribution < 1.29 is 40.1 Å². The van der Waals surface area contributed by atoms with Gasteiger partial charge in [0.2, 0.25) is 0 Å². The van der Waals surface area contributed by atoms with Crippen LogP contribution in [0.25, 0.3) is 0 Å². The van der Waals surface area contributed by atoms with Crippen LogP contribution in [0.5, 0.6) is 0 Å². The predicted octanol–water partition coefficient (Wildman–Crippen LogP) is -1.55. The molecular formula is C20H26O8. The summed E-state index contributed by atoms with van der Waals surface area (Å²) in [5.74, 6) is 5.63. The van der Waals surface area contributed by atoms with Crippen molar-refractivity contribution in [3.63, 3.8) is 0 Å². The van der Waals surface area contributed by atoms with Crippen molar-refractivity contribution in [3.05, 3.63) is 35.4 Å². The second-order valence-corrected chi connectivity index (χ2v) is 7.20. The molecule has 2 aliphatic heterocycles. The number of aliphatic hydroxyl groups is 6. The molecule has 2 saturated heterocycles. The van der Waals surface area contributed by atoms with Crippen molar-refractivity contribution in [2.24, 2.45) is 0 Å². The van der Waals surface area contributed by atoms with E-state index < -0.39 is 48.8 Å². The number of hydrogen-bond donors (Lipinski definition) is 6. The predicted molar refractivity (Wildman–Crippen MR) is 97.0 cm³/mol. The SMILES string of the molecule is OCC1CC(O)C(O)C(C#Cc2cccc([C@H]3OC(CO)CC(O)C3O)c2)O1. The Kier molecular flexibility index (Phi) is 7.04. The molecule has 154 valence electrons. The van der Waals surface area contributed by atoms with Crippen LogP contribution >= 0.6 is 0 Å². The summed E-state index contributed by atoms with van der Waals surface area (Å²) < 4.78 is 11.2. The zero-order valence-corrected chi connectivity index (χ0v) is 15.3. The summed E-state index contributed by atoms with van der Waals surface area (Å²) in [6.07, 6.45) is -6.96. The van der Waals surface area contributed by atoms with Gasteiger partial charge in [-0.15, -0.1) is 0 Å². The Hall–Kier alpha value is -1.54. The zero-order valence-electron chi connectivity index (χ0n) is 15.3. The third-order valence-electron chi connectivity index (χ3n) is 5.08. The normalized spacial score (nSPS) is 38.5. The van der Waals surface area contributed by atoms with Crippen LogP contribution in [0.4, 0.5) is 0 Å². The Morgan fingerprint density at radius 1 is 0.893 bits per heavy atom. The van der Waals surface area contributed by atoms with Crippen molar-refractivity contribution in [3.8, 4) is 11.8 Å². The fraction of sp³-hybridized carbons (Fsp3) is 0.600. The van der Waals surface area contributed by atoms with Gasteiger partial charge in [0.05, 0.1) is 37.6 Å². The maximum absolute atomic E-state index is 10.3. The lowest BCUT2D eigenvalue weighted by molar-refractivity contribution is -0.179. The first kappa shape index (κ1) is 21.2. The second kappa shape index (κ2) is 9.31. The van der Waals surface area contributed by atoms with Gasteiger partial charge >= 0.3 is 0 Å². The molecule has 8 heteroatoms. The summed E-state index contributed by atoms with van der Waals surface area (Å²) in [6.45, 7) is -0.534. The Balaban J connectivity index is 1.78. The van der Waals surface area contributed by atoms with Gasteiger partial charge in [0.1, 0.15) is 24.4 Å². The van der Waals surface area contributed by atoms with Crippen molar-refractivity contribution in [1.82, 2.24) is 0 Å². The number of rotatable bonds is 3. The van der Waals surface area contributed by atoms with Gasteiger partial charge in [-0.2, -0.15) is 0 Å². The van der Waals surface area contributed by atoms with Crippen LogP contribution < -0.4 is 0 Å². The summed E-state index contributed by atoms with van der Waals surface area (Å²) >= 11 is 0. The number of benzene rings is 1. The molecule has 8 atom stereocenters. The molecule has 0 bridgehead atoms. The monoisotopic (exact) mass is 394 g/mol. The summed E-state index contributed by atoms with van der Waals surface area (Å²) in [4.78, 5) is 0. The molecule has 8 nitrogen and oxygen atoms in total. The molecule has 0 saturated carbocycles. The molecule has 3 rings (SSSR count). The van der Waals surface area contributed by atoms with E-state index in [1.807, 2.05) is 0 Å². The standard InChI is InChI=1S/C20H26O8/c21-9-13-7-15(23)18(25)17(27-13)5-4-11-2-1-3-12(6-11)20-19(26)16(24)8-14(10-22)28-20/h1-3,6,13-26H,7-10H2/t13?,14?,15?,16?,17?,18?,19?,20-/m1/s1. The number of hydrogen-bond acceptors (Lipinski definition) is 8. The van der Waals surface area contributed by atoms with Gasteiger partial charge in [0.25, 0.3) is 0 Å². The first-order valence-electron chi connectivity index (χ1n) is 9.29. The van der Waals surface area contributed by atoms with Crippen molar-refractivity contribution in [2.45, 2.75) is 61.7 Å². The highest BCUT2D eigenvalue weighted by molar-refractivity contribution is 5.39. The number of ether oxygens (including phenoxy) is 2. The van der Waals surface area contributed by atoms with E-state index in [9.17, 15) is 30.6 Å². The minimum Gasteiger partial charge on any atom is -0.394 e. The molecule has 2 aliphatic rings. The van der Waals surface area contributed by atoms with Crippen LogP contribution in [0.1, 0.15) is 30.1 Å². The maximum Gasteiger partial charge on any atom is 0.147 e. The van der Waals surface area contributed by atoms with Crippen LogP contribution in [-0.4, -0.2) is 86.6 Å². The van der Waals surface area contributed by atoms with Gasteiger partial charge in [-0.1, -0.05) is 24.0 Å². The average Bonchev–Trinajstić information content (AvgIpc) is 2.71. The van der Waals surface area contributed by atoms with Crippen molar-refractivity contribution >= 4 is 0 Å². The molecule has 0 amide bonds. The van der Waals surface area contributed by atoms with Gasteiger partial charge < -0.3 is 40.1 Å².